The van der Waals surface area contributed by atoms with E-state index in [9.17, 15) is 4.39 Å². The summed E-state index contributed by atoms with van der Waals surface area (Å²) in [4.78, 5) is 17.5. The van der Waals surface area contributed by atoms with Gasteiger partial charge in [-0.05, 0) is 43.3 Å². The second-order valence-electron chi connectivity index (χ2n) is 7.16. The van der Waals surface area contributed by atoms with E-state index in [1.54, 1.807) is 0 Å². The highest BCUT2D eigenvalue weighted by atomic mass is 19.1. The summed E-state index contributed by atoms with van der Waals surface area (Å²) >= 11 is 0. The van der Waals surface area contributed by atoms with Gasteiger partial charge in [0.05, 0.1) is 6.54 Å². The third kappa shape index (κ3) is 4.97. The number of nitrogens with two attached hydrogens (primary N) is 1. The maximum atomic E-state index is 13.1. The molecule has 0 amide bonds. The Hall–Kier alpha value is -3.26. The van der Waals surface area contributed by atoms with Crippen molar-refractivity contribution in [2.45, 2.75) is 13.5 Å². The van der Waals surface area contributed by atoms with Gasteiger partial charge in [0.2, 0.25) is 11.9 Å². The number of nitrogen functional groups attached to an aromatic ring is 1. The van der Waals surface area contributed by atoms with Crippen molar-refractivity contribution in [1.82, 2.24) is 19.9 Å². The maximum absolute atomic E-state index is 13.1. The Morgan fingerprint density at radius 1 is 0.931 bits per heavy atom. The Morgan fingerprint density at radius 2 is 1.62 bits per heavy atom. The van der Waals surface area contributed by atoms with Crippen molar-refractivity contribution in [1.29, 1.82) is 0 Å². The van der Waals surface area contributed by atoms with Crippen molar-refractivity contribution < 1.29 is 4.39 Å². The highest BCUT2D eigenvalue weighted by Gasteiger charge is 2.19. The summed E-state index contributed by atoms with van der Waals surface area (Å²) < 4.78 is 13.1. The molecule has 2 aromatic carbocycles. The Bertz CT molecular complexity index is 952. The molecular formula is C21H24FN7. The van der Waals surface area contributed by atoms with E-state index in [2.05, 4.69) is 30.1 Å². The lowest BCUT2D eigenvalue weighted by Gasteiger charge is -2.35. The van der Waals surface area contributed by atoms with Crippen LogP contribution in [-0.4, -0.2) is 46.0 Å². The molecule has 3 N–H and O–H groups in total. The number of anilines is 4. The van der Waals surface area contributed by atoms with Crippen LogP contribution in [0.2, 0.25) is 0 Å². The SMILES string of the molecule is Cc1ccc(Nc2nc(N)nc(CN3CCN(c4ccc(F)cc4)CC3)n2)cc1. The zero-order chi connectivity index (χ0) is 20.2. The van der Waals surface area contributed by atoms with Gasteiger partial charge in [-0.2, -0.15) is 15.0 Å². The molecule has 1 aliphatic heterocycles. The second kappa shape index (κ2) is 8.40. The summed E-state index contributed by atoms with van der Waals surface area (Å²) in [7, 11) is 0. The van der Waals surface area contributed by atoms with E-state index < -0.39 is 0 Å². The van der Waals surface area contributed by atoms with Gasteiger partial charge in [0, 0.05) is 37.6 Å². The number of hydrogen-bond donors (Lipinski definition) is 2. The van der Waals surface area contributed by atoms with E-state index >= 15 is 0 Å². The normalized spacial score (nSPS) is 14.8. The van der Waals surface area contributed by atoms with Gasteiger partial charge in [0.1, 0.15) is 11.6 Å². The van der Waals surface area contributed by atoms with Crippen molar-refractivity contribution in [2.75, 3.05) is 42.1 Å². The molecule has 1 fully saturated rings. The van der Waals surface area contributed by atoms with Gasteiger partial charge in [-0.1, -0.05) is 17.7 Å². The first-order valence-electron chi connectivity index (χ1n) is 9.62. The molecule has 0 bridgehead atoms. The van der Waals surface area contributed by atoms with Gasteiger partial charge in [-0.15, -0.1) is 0 Å². The topological polar surface area (TPSA) is 83.2 Å². The molecule has 29 heavy (non-hydrogen) atoms. The number of benzene rings is 2. The fourth-order valence-electron chi connectivity index (χ4n) is 3.35. The number of halogens is 1. The first kappa shape index (κ1) is 19.1. The molecule has 1 aliphatic rings. The number of hydrogen-bond acceptors (Lipinski definition) is 7. The van der Waals surface area contributed by atoms with E-state index in [4.69, 9.17) is 5.73 Å². The minimum Gasteiger partial charge on any atom is -0.369 e. The zero-order valence-corrected chi connectivity index (χ0v) is 16.3. The minimum atomic E-state index is -0.213. The van der Waals surface area contributed by atoms with Gasteiger partial charge in [-0.3, -0.25) is 4.90 Å². The number of rotatable bonds is 5. The first-order valence-corrected chi connectivity index (χ1v) is 9.62. The summed E-state index contributed by atoms with van der Waals surface area (Å²) in [5.74, 6) is 1.08. The Balaban J connectivity index is 1.37. The lowest BCUT2D eigenvalue weighted by Crippen LogP contribution is -2.46. The molecule has 150 valence electrons. The lowest BCUT2D eigenvalue weighted by atomic mass is 10.2. The predicted molar refractivity (Wildman–Crippen MR) is 113 cm³/mol. The standard InChI is InChI=1S/C21H24FN7/c1-15-2-6-17(7-3-15)24-21-26-19(25-20(23)27-21)14-28-10-12-29(13-11-28)18-8-4-16(22)5-9-18/h2-9H,10-14H2,1H3,(H3,23,24,25,26,27). The van der Waals surface area contributed by atoms with Crippen LogP contribution in [0.5, 0.6) is 0 Å². The number of aromatic nitrogens is 3. The molecule has 3 aromatic rings. The van der Waals surface area contributed by atoms with Crippen LogP contribution in [0.3, 0.4) is 0 Å². The molecule has 7 nitrogen and oxygen atoms in total. The van der Waals surface area contributed by atoms with Crippen LogP contribution >= 0.6 is 0 Å². The molecule has 0 unspecified atom stereocenters. The zero-order valence-electron chi connectivity index (χ0n) is 16.3. The number of nitrogens with one attached hydrogen (secondary N) is 1. The molecule has 0 saturated carbocycles. The van der Waals surface area contributed by atoms with E-state index in [0.29, 0.717) is 18.3 Å². The van der Waals surface area contributed by atoms with E-state index in [0.717, 1.165) is 37.6 Å². The quantitative estimate of drug-likeness (QED) is 0.689. The van der Waals surface area contributed by atoms with Crippen LogP contribution in [0.4, 0.5) is 27.7 Å². The number of piperazine rings is 1. The number of aryl methyl sites for hydroxylation is 1. The smallest absolute Gasteiger partial charge is 0.232 e. The van der Waals surface area contributed by atoms with Crippen LogP contribution in [-0.2, 0) is 6.54 Å². The van der Waals surface area contributed by atoms with E-state index in [1.165, 1.54) is 17.7 Å². The van der Waals surface area contributed by atoms with Crippen LogP contribution in [0.25, 0.3) is 0 Å². The Labute approximate surface area is 169 Å². The Morgan fingerprint density at radius 3 is 2.31 bits per heavy atom. The van der Waals surface area contributed by atoms with Crippen LogP contribution in [0.15, 0.2) is 48.5 Å². The summed E-state index contributed by atoms with van der Waals surface area (Å²) in [6.45, 7) is 6.10. The van der Waals surface area contributed by atoms with Gasteiger partial charge < -0.3 is 16.0 Å². The molecular weight excluding hydrogens is 369 g/mol. The fraction of sp³-hybridized carbons (Fsp3) is 0.286. The van der Waals surface area contributed by atoms with Crippen LogP contribution in [0.1, 0.15) is 11.4 Å². The molecule has 0 radical (unpaired) electrons. The van der Waals surface area contributed by atoms with Crippen molar-refractivity contribution in [3.8, 4) is 0 Å². The first-order chi connectivity index (χ1) is 14.0. The molecule has 2 heterocycles. The van der Waals surface area contributed by atoms with Crippen molar-refractivity contribution >= 4 is 23.3 Å². The lowest BCUT2D eigenvalue weighted by molar-refractivity contribution is 0.244. The van der Waals surface area contributed by atoms with Gasteiger partial charge in [-0.25, -0.2) is 4.39 Å². The van der Waals surface area contributed by atoms with E-state index in [1.807, 2.05) is 43.3 Å². The molecule has 8 heteroatoms. The van der Waals surface area contributed by atoms with E-state index in [-0.39, 0.29) is 11.8 Å². The molecule has 1 aromatic heterocycles. The average molecular weight is 393 g/mol. The van der Waals surface area contributed by atoms with Gasteiger partial charge in [0.25, 0.3) is 0 Å². The van der Waals surface area contributed by atoms with Crippen LogP contribution < -0.4 is 16.0 Å². The molecule has 4 rings (SSSR count). The highest BCUT2D eigenvalue weighted by Crippen LogP contribution is 2.18. The fourth-order valence-corrected chi connectivity index (χ4v) is 3.35. The van der Waals surface area contributed by atoms with Crippen molar-refractivity contribution in [3.63, 3.8) is 0 Å². The second-order valence-corrected chi connectivity index (χ2v) is 7.16. The van der Waals surface area contributed by atoms with Crippen LogP contribution in [0, 0.1) is 12.7 Å². The molecule has 0 atom stereocenters. The minimum absolute atomic E-state index is 0.203. The Kier molecular flexibility index (Phi) is 5.53. The third-order valence-corrected chi connectivity index (χ3v) is 4.94. The number of nitrogens with zero attached hydrogens (tertiary/aromatic N) is 5. The summed E-state index contributed by atoms with van der Waals surface area (Å²) in [6.07, 6.45) is 0. The third-order valence-electron chi connectivity index (χ3n) is 4.94. The molecule has 0 aliphatic carbocycles. The largest absolute Gasteiger partial charge is 0.369 e. The summed E-state index contributed by atoms with van der Waals surface area (Å²) in [6, 6.07) is 14.6. The molecule has 0 spiro atoms. The monoisotopic (exact) mass is 393 g/mol. The van der Waals surface area contributed by atoms with Gasteiger partial charge in [0.15, 0.2) is 0 Å². The van der Waals surface area contributed by atoms with Gasteiger partial charge >= 0.3 is 0 Å². The predicted octanol–water partition coefficient (Wildman–Crippen LogP) is 2.97. The highest BCUT2D eigenvalue weighted by molar-refractivity contribution is 5.54. The average Bonchev–Trinajstić information content (AvgIpc) is 2.71. The summed E-state index contributed by atoms with van der Waals surface area (Å²) in [5.41, 5.74) is 9.02. The van der Waals surface area contributed by atoms with Crippen molar-refractivity contribution in [2.24, 2.45) is 0 Å². The maximum Gasteiger partial charge on any atom is 0.232 e. The van der Waals surface area contributed by atoms with Crippen molar-refractivity contribution in [3.05, 3.63) is 65.7 Å². The summed E-state index contributed by atoms with van der Waals surface area (Å²) in [5, 5.41) is 3.18. The molecule has 1 saturated heterocycles.